The van der Waals surface area contributed by atoms with E-state index >= 15 is 0 Å². The Hall–Kier alpha value is -1.16. The fraction of sp³-hybridized carbons (Fsp3) is 0.667. The van der Waals surface area contributed by atoms with Crippen LogP contribution in [0.25, 0.3) is 0 Å². The molecule has 1 saturated heterocycles. The number of rotatable bonds is 4. The zero-order valence-corrected chi connectivity index (χ0v) is 9.78. The smallest absolute Gasteiger partial charge is 0.133 e. The molecule has 0 radical (unpaired) electrons. The summed E-state index contributed by atoms with van der Waals surface area (Å²) < 4.78 is 5.68. The first kappa shape index (κ1) is 11.3. The van der Waals surface area contributed by atoms with Crippen molar-refractivity contribution in [2.75, 3.05) is 18.5 Å². The topological polar surface area (TPSA) is 47.0 Å². The summed E-state index contributed by atoms with van der Waals surface area (Å²) in [7, 11) is 0. The van der Waals surface area contributed by atoms with Gasteiger partial charge in [0.25, 0.3) is 0 Å². The predicted octanol–water partition coefficient (Wildman–Crippen LogP) is 2.02. The Labute approximate surface area is 96.4 Å². The zero-order chi connectivity index (χ0) is 11.2. The Balaban J connectivity index is 1.94. The molecule has 0 aromatic carbocycles. The van der Waals surface area contributed by atoms with Gasteiger partial charge in [0.05, 0.1) is 6.10 Å². The largest absolute Gasteiger partial charge is 0.378 e. The fourth-order valence-corrected chi connectivity index (χ4v) is 1.95. The van der Waals surface area contributed by atoms with Gasteiger partial charge >= 0.3 is 0 Å². The molecule has 0 saturated carbocycles. The Morgan fingerprint density at radius 2 is 2.44 bits per heavy atom. The Morgan fingerprint density at radius 1 is 1.50 bits per heavy atom. The lowest BCUT2D eigenvalue weighted by Gasteiger charge is -2.21. The summed E-state index contributed by atoms with van der Waals surface area (Å²) in [6.07, 6.45) is 6.54. The average Bonchev–Trinajstić information content (AvgIpc) is 2.31. The van der Waals surface area contributed by atoms with E-state index in [1.165, 1.54) is 12.8 Å². The van der Waals surface area contributed by atoms with Crippen molar-refractivity contribution in [1.29, 1.82) is 0 Å². The molecular formula is C12H19N3O. The van der Waals surface area contributed by atoms with Gasteiger partial charge in [0.2, 0.25) is 0 Å². The number of ether oxygens (including phenoxy) is 1. The van der Waals surface area contributed by atoms with Crippen LogP contribution in [-0.2, 0) is 11.2 Å². The summed E-state index contributed by atoms with van der Waals surface area (Å²) in [6.45, 7) is 3.83. The van der Waals surface area contributed by atoms with Crippen LogP contribution < -0.4 is 5.32 Å². The van der Waals surface area contributed by atoms with Gasteiger partial charge in [-0.1, -0.05) is 0 Å². The SMILES string of the molecule is CCNc1ccnc(CC2CCCCO2)n1. The lowest BCUT2D eigenvalue weighted by Crippen LogP contribution is -2.22. The molecule has 1 aliphatic rings. The number of hydrogen-bond donors (Lipinski definition) is 1. The van der Waals surface area contributed by atoms with Crippen molar-refractivity contribution in [1.82, 2.24) is 9.97 Å². The highest BCUT2D eigenvalue weighted by Gasteiger charge is 2.15. The minimum absolute atomic E-state index is 0.311. The minimum atomic E-state index is 0.311. The molecule has 0 aliphatic carbocycles. The summed E-state index contributed by atoms with van der Waals surface area (Å²) in [5.74, 6) is 1.79. The van der Waals surface area contributed by atoms with Gasteiger partial charge in [-0.2, -0.15) is 0 Å². The van der Waals surface area contributed by atoms with E-state index in [0.29, 0.717) is 6.10 Å². The third-order valence-corrected chi connectivity index (χ3v) is 2.75. The summed E-state index contributed by atoms with van der Waals surface area (Å²) in [5, 5.41) is 3.19. The molecule has 1 N–H and O–H groups in total. The average molecular weight is 221 g/mol. The first-order chi connectivity index (χ1) is 7.88. The van der Waals surface area contributed by atoms with E-state index in [1.807, 2.05) is 12.3 Å². The summed E-state index contributed by atoms with van der Waals surface area (Å²) >= 11 is 0. The molecule has 0 amide bonds. The van der Waals surface area contributed by atoms with Gasteiger partial charge < -0.3 is 10.1 Å². The van der Waals surface area contributed by atoms with E-state index in [2.05, 4.69) is 22.2 Å². The van der Waals surface area contributed by atoms with Crippen molar-refractivity contribution in [3.63, 3.8) is 0 Å². The van der Waals surface area contributed by atoms with Gasteiger partial charge in [-0.3, -0.25) is 0 Å². The van der Waals surface area contributed by atoms with E-state index in [0.717, 1.165) is 37.6 Å². The number of hydrogen-bond acceptors (Lipinski definition) is 4. The first-order valence-corrected chi connectivity index (χ1v) is 6.06. The van der Waals surface area contributed by atoms with Crippen LogP contribution in [0.2, 0.25) is 0 Å². The molecule has 4 nitrogen and oxygen atoms in total. The van der Waals surface area contributed by atoms with Crippen molar-refractivity contribution in [2.24, 2.45) is 0 Å². The zero-order valence-electron chi connectivity index (χ0n) is 9.78. The monoisotopic (exact) mass is 221 g/mol. The van der Waals surface area contributed by atoms with Crippen LogP contribution in [0, 0.1) is 0 Å². The van der Waals surface area contributed by atoms with Crippen LogP contribution in [0.3, 0.4) is 0 Å². The molecule has 16 heavy (non-hydrogen) atoms. The van der Waals surface area contributed by atoms with E-state index < -0.39 is 0 Å². The Bertz CT molecular complexity index is 324. The number of nitrogens with zero attached hydrogens (tertiary/aromatic N) is 2. The fourth-order valence-electron chi connectivity index (χ4n) is 1.95. The Morgan fingerprint density at radius 3 is 3.19 bits per heavy atom. The molecule has 1 fully saturated rings. The second-order valence-corrected chi connectivity index (χ2v) is 4.08. The van der Waals surface area contributed by atoms with E-state index in [-0.39, 0.29) is 0 Å². The van der Waals surface area contributed by atoms with Crippen LogP contribution in [0.5, 0.6) is 0 Å². The predicted molar refractivity (Wildman–Crippen MR) is 63.5 cm³/mol. The maximum absolute atomic E-state index is 5.68. The lowest BCUT2D eigenvalue weighted by molar-refractivity contribution is 0.0156. The molecule has 2 rings (SSSR count). The molecule has 1 aliphatic heterocycles. The van der Waals surface area contributed by atoms with Crippen LogP contribution in [-0.4, -0.2) is 29.2 Å². The normalized spacial score (nSPS) is 20.7. The van der Waals surface area contributed by atoms with E-state index in [1.54, 1.807) is 0 Å². The van der Waals surface area contributed by atoms with Crippen molar-refractivity contribution in [2.45, 2.75) is 38.7 Å². The number of aromatic nitrogens is 2. The number of anilines is 1. The second kappa shape index (κ2) is 5.80. The van der Waals surface area contributed by atoms with Gasteiger partial charge in [-0.05, 0) is 32.3 Å². The second-order valence-electron chi connectivity index (χ2n) is 4.08. The highest BCUT2D eigenvalue weighted by Crippen LogP contribution is 2.16. The quantitative estimate of drug-likeness (QED) is 0.845. The van der Waals surface area contributed by atoms with Crippen LogP contribution in [0.1, 0.15) is 32.0 Å². The molecule has 1 aromatic heterocycles. The molecule has 1 unspecified atom stereocenters. The third kappa shape index (κ3) is 3.17. The highest BCUT2D eigenvalue weighted by atomic mass is 16.5. The molecule has 4 heteroatoms. The molecule has 0 bridgehead atoms. The molecule has 2 heterocycles. The van der Waals surface area contributed by atoms with Gasteiger partial charge in [0.1, 0.15) is 11.6 Å². The highest BCUT2D eigenvalue weighted by molar-refractivity contribution is 5.32. The van der Waals surface area contributed by atoms with Crippen LogP contribution >= 0.6 is 0 Å². The van der Waals surface area contributed by atoms with Gasteiger partial charge in [0, 0.05) is 25.8 Å². The van der Waals surface area contributed by atoms with Crippen LogP contribution in [0.15, 0.2) is 12.3 Å². The molecule has 1 atom stereocenters. The standard InChI is InChI=1S/C12H19N3O/c1-2-13-11-6-7-14-12(15-11)9-10-5-3-4-8-16-10/h6-7,10H,2-5,8-9H2,1H3,(H,13,14,15). The van der Waals surface area contributed by atoms with Crippen LogP contribution in [0.4, 0.5) is 5.82 Å². The third-order valence-electron chi connectivity index (χ3n) is 2.75. The van der Waals surface area contributed by atoms with E-state index in [4.69, 9.17) is 4.74 Å². The van der Waals surface area contributed by atoms with Gasteiger partial charge in [-0.15, -0.1) is 0 Å². The summed E-state index contributed by atoms with van der Waals surface area (Å²) in [6, 6.07) is 1.90. The molecule has 88 valence electrons. The lowest BCUT2D eigenvalue weighted by atomic mass is 10.1. The molecule has 0 spiro atoms. The van der Waals surface area contributed by atoms with Crippen molar-refractivity contribution >= 4 is 5.82 Å². The van der Waals surface area contributed by atoms with Gasteiger partial charge in [-0.25, -0.2) is 9.97 Å². The summed E-state index contributed by atoms with van der Waals surface area (Å²) in [4.78, 5) is 8.74. The molecule has 1 aromatic rings. The van der Waals surface area contributed by atoms with Gasteiger partial charge in [0.15, 0.2) is 0 Å². The Kier molecular flexibility index (Phi) is 4.10. The minimum Gasteiger partial charge on any atom is -0.378 e. The maximum atomic E-state index is 5.68. The van der Waals surface area contributed by atoms with E-state index in [9.17, 15) is 0 Å². The molecular weight excluding hydrogens is 202 g/mol. The summed E-state index contributed by atoms with van der Waals surface area (Å²) in [5.41, 5.74) is 0. The maximum Gasteiger partial charge on any atom is 0.133 e. The van der Waals surface area contributed by atoms with Crippen molar-refractivity contribution < 1.29 is 4.74 Å². The van der Waals surface area contributed by atoms with Crippen molar-refractivity contribution in [3.05, 3.63) is 18.1 Å². The first-order valence-electron chi connectivity index (χ1n) is 6.06. The number of nitrogens with one attached hydrogen (secondary N) is 1. The van der Waals surface area contributed by atoms with Crippen molar-refractivity contribution in [3.8, 4) is 0 Å².